The van der Waals surface area contributed by atoms with Crippen molar-refractivity contribution in [1.82, 2.24) is 19.7 Å². The van der Waals surface area contributed by atoms with E-state index < -0.39 is 0 Å². The lowest BCUT2D eigenvalue weighted by atomic mass is 10.2. The van der Waals surface area contributed by atoms with Crippen LogP contribution in [0.2, 0.25) is 5.02 Å². The van der Waals surface area contributed by atoms with Gasteiger partial charge in [-0.05, 0) is 38.1 Å². The molecule has 2 heterocycles. The number of ether oxygens (including phenoxy) is 3. The van der Waals surface area contributed by atoms with Crippen molar-refractivity contribution in [3.63, 3.8) is 0 Å². The number of rotatable bonds is 8. The molecule has 7 nitrogen and oxygen atoms in total. The lowest BCUT2D eigenvalue weighted by molar-refractivity contribution is 0.127. The van der Waals surface area contributed by atoms with Crippen molar-refractivity contribution < 1.29 is 14.2 Å². The first-order valence-electron chi connectivity index (χ1n) is 8.63. The second kappa shape index (κ2) is 8.83. The molecule has 142 valence electrons. The number of nitrogens with zero attached hydrogens (tertiary/aromatic N) is 4. The zero-order valence-electron chi connectivity index (χ0n) is 15.5. The number of aromatic nitrogens is 4. The van der Waals surface area contributed by atoms with Crippen LogP contribution in [-0.2, 0) is 11.3 Å². The minimum Gasteiger partial charge on any atom is -0.492 e. The molecule has 0 bridgehead atoms. The van der Waals surface area contributed by atoms with Gasteiger partial charge >= 0.3 is 0 Å². The lowest BCUT2D eigenvalue weighted by Gasteiger charge is -2.12. The second-order valence-electron chi connectivity index (χ2n) is 5.55. The van der Waals surface area contributed by atoms with E-state index in [0.717, 1.165) is 11.3 Å². The summed E-state index contributed by atoms with van der Waals surface area (Å²) in [6.07, 6.45) is 1.71. The molecule has 0 N–H and O–H groups in total. The summed E-state index contributed by atoms with van der Waals surface area (Å²) in [6.45, 7) is 5.31. The highest BCUT2D eigenvalue weighted by atomic mass is 35.5. The number of hydrogen-bond donors (Lipinski definition) is 0. The molecule has 0 atom stereocenters. The Kier molecular flexibility index (Phi) is 6.26. The van der Waals surface area contributed by atoms with Gasteiger partial charge in [-0.25, -0.2) is 4.98 Å². The fraction of sp³-hybridized carbons (Fsp3) is 0.316. The molecule has 0 amide bonds. The molecule has 0 aliphatic carbocycles. The predicted molar refractivity (Wildman–Crippen MR) is 103 cm³/mol. The van der Waals surface area contributed by atoms with E-state index in [0.29, 0.717) is 48.1 Å². The summed E-state index contributed by atoms with van der Waals surface area (Å²) in [5.74, 6) is 2.48. The van der Waals surface area contributed by atoms with Crippen molar-refractivity contribution in [2.24, 2.45) is 0 Å². The first kappa shape index (κ1) is 19.1. The van der Waals surface area contributed by atoms with Crippen LogP contribution in [-0.4, -0.2) is 40.1 Å². The molecule has 0 aliphatic rings. The van der Waals surface area contributed by atoms with Gasteiger partial charge in [0.2, 0.25) is 5.88 Å². The van der Waals surface area contributed by atoms with Crippen molar-refractivity contribution in [1.29, 1.82) is 0 Å². The summed E-state index contributed by atoms with van der Waals surface area (Å²) < 4.78 is 18.1. The van der Waals surface area contributed by atoms with Gasteiger partial charge in [-0.15, -0.1) is 10.2 Å². The van der Waals surface area contributed by atoms with Crippen LogP contribution in [0, 0.1) is 0 Å². The Morgan fingerprint density at radius 1 is 1.07 bits per heavy atom. The number of benzene rings is 1. The second-order valence-corrected chi connectivity index (χ2v) is 5.96. The average molecular weight is 389 g/mol. The van der Waals surface area contributed by atoms with Crippen molar-refractivity contribution in [3.8, 4) is 28.7 Å². The Bertz CT molecular complexity index is 896. The smallest absolute Gasteiger partial charge is 0.213 e. The van der Waals surface area contributed by atoms with Crippen LogP contribution in [0.4, 0.5) is 0 Å². The monoisotopic (exact) mass is 388 g/mol. The third-order valence-corrected chi connectivity index (χ3v) is 4.14. The SMILES string of the molecule is CCOCc1nnc(-c2ccc(OCC)c(Cl)c2)n1-c1ccc(OC)nc1. The Morgan fingerprint density at radius 2 is 1.93 bits per heavy atom. The third-order valence-electron chi connectivity index (χ3n) is 3.84. The van der Waals surface area contributed by atoms with Gasteiger partial charge in [0.1, 0.15) is 12.4 Å². The van der Waals surface area contributed by atoms with Gasteiger partial charge in [0.25, 0.3) is 0 Å². The Hall–Kier alpha value is -2.64. The summed E-state index contributed by atoms with van der Waals surface area (Å²) in [5, 5.41) is 9.16. The van der Waals surface area contributed by atoms with E-state index in [1.165, 1.54) is 0 Å². The first-order chi connectivity index (χ1) is 13.2. The fourth-order valence-corrected chi connectivity index (χ4v) is 2.83. The van der Waals surface area contributed by atoms with E-state index >= 15 is 0 Å². The van der Waals surface area contributed by atoms with Gasteiger partial charge in [-0.2, -0.15) is 0 Å². The molecule has 3 aromatic rings. The van der Waals surface area contributed by atoms with E-state index in [1.54, 1.807) is 19.4 Å². The number of hydrogen-bond acceptors (Lipinski definition) is 6. The molecular formula is C19H21ClN4O3. The summed E-state index contributed by atoms with van der Waals surface area (Å²) in [7, 11) is 1.58. The van der Waals surface area contributed by atoms with E-state index in [2.05, 4.69) is 15.2 Å². The number of methoxy groups -OCH3 is 1. The van der Waals surface area contributed by atoms with Crippen LogP contribution in [0.15, 0.2) is 36.5 Å². The summed E-state index contributed by atoms with van der Waals surface area (Å²) in [5.41, 5.74) is 1.62. The first-order valence-corrected chi connectivity index (χ1v) is 9.00. The molecule has 0 saturated carbocycles. The van der Waals surface area contributed by atoms with Crippen molar-refractivity contribution in [2.45, 2.75) is 20.5 Å². The van der Waals surface area contributed by atoms with Crippen LogP contribution in [0.5, 0.6) is 11.6 Å². The predicted octanol–water partition coefficient (Wildman–Crippen LogP) is 3.93. The van der Waals surface area contributed by atoms with Crippen LogP contribution < -0.4 is 9.47 Å². The zero-order chi connectivity index (χ0) is 19.2. The minimum atomic E-state index is 0.334. The Balaban J connectivity index is 2.07. The zero-order valence-corrected chi connectivity index (χ0v) is 16.2. The van der Waals surface area contributed by atoms with Crippen molar-refractivity contribution in [3.05, 3.63) is 47.4 Å². The van der Waals surface area contributed by atoms with Crippen LogP contribution in [0.25, 0.3) is 17.1 Å². The molecule has 8 heteroatoms. The lowest BCUT2D eigenvalue weighted by Crippen LogP contribution is -2.06. The van der Waals surface area contributed by atoms with Gasteiger partial charge in [-0.3, -0.25) is 4.57 Å². The van der Waals surface area contributed by atoms with Crippen LogP contribution >= 0.6 is 11.6 Å². The third kappa shape index (κ3) is 4.20. The van der Waals surface area contributed by atoms with Gasteiger partial charge < -0.3 is 14.2 Å². The van der Waals surface area contributed by atoms with E-state index in [9.17, 15) is 0 Å². The Labute approximate surface area is 162 Å². The minimum absolute atomic E-state index is 0.334. The molecule has 0 radical (unpaired) electrons. The van der Waals surface area contributed by atoms with Gasteiger partial charge in [0, 0.05) is 18.2 Å². The molecule has 0 saturated heterocycles. The molecule has 0 unspecified atom stereocenters. The average Bonchev–Trinajstić information content (AvgIpc) is 3.12. The molecule has 0 spiro atoms. The fourth-order valence-electron chi connectivity index (χ4n) is 2.60. The van der Waals surface area contributed by atoms with Crippen LogP contribution in [0.3, 0.4) is 0 Å². The van der Waals surface area contributed by atoms with Gasteiger partial charge in [-0.1, -0.05) is 11.6 Å². The normalized spacial score (nSPS) is 10.8. The summed E-state index contributed by atoms with van der Waals surface area (Å²) >= 11 is 6.35. The largest absolute Gasteiger partial charge is 0.492 e. The maximum atomic E-state index is 6.35. The molecule has 2 aromatic heterocycles. The highest BCUT2D eigenvalue weighted by Crippen LogP contribution is 2.31. The molecule has 27 heavy (non-hydrogen) atoms. The maximum absolute atomic E-state index is 6.35. The molecule has 1 aromatic carbocycles. The number of halogens is 1. The number of pyridine rings is 1. The maximum Gasteiger partial charge on any atom is 0.213 e. The quantitative estimate of drug-likeness (QED) is 0.582. The summed E-state index contributed by atoms with van der Waals surface area (Å²) in [6, 6.07) is 9.22. The van der Waals surface area contributed by atoms with Crippen LogP contribution in [0.1, 0.15) is 19.7 Å². The van der Waals surface area contributed by atoms with Gasteiger partial charge in [0.05, 0.1) is 30.6 Å². The highest BCUT2D eigenvalue weighted by molar-refractivity contribution is 6.32. The van der Waals surface area contributed by atoms with Crippen molar-refractivity contribution in [2.75, 3.05) is 20.3 Å². The molecule has 0 aliphatic heterocycles. The highest BCUT2D eigenvalue weighted by Gasteiger charge is 2.17. The molecule has 3 rings (SSSR count). The topological polar surface area (TPSA) is 71.3 Å². The molecule has 0 fully saturated rings. The summed E-state index contributed by atoms with van der Waals surface area (Å²) in [4.78, 5) is 4.28. The van der Waals surface area contributed by atoms with Gasteiger partial charge in [0.15, 0.2) is 11.6 Å². The van der Waals surface area contributed by atoms with E-state index in [1.807, 2.05) is 42.7 Å². The Morgan fingerprint density at radius 3 is 2.56 bits per heavy atom. The standard InChI is InChI=1S/C19H21ClN4O3/c1-4-26-12-17-22-23-19(13-6-8-16(27-5-2)15(20)10-13)24(17)14-7-9-18(25-3)21-11-14/h6-11H,4-5,12H2,1-3H3. The van der Waals surface area contributed by atoms with Crippen molar-refractivity contribution >= 4 is 11.6 Å². The van der Waals surface area contributed by atoms with E-state index in [-0.39, 0.29) is 0 Å². The van der Waals surface area contributed by atoms with E-state index in [4.69, 9.17) is 25.8 Å². The molecular weight excluding hydrogens is 368 g/mol.